The molecule has 0 aliphatic heterocycles. The monoisotopic (exact) mass is 236 g/mol. The van der Waals surface area contributed by atoms with Crippen molar-refractivity contribution in [1.82, 2.24) is 14.2 Å². The fourth-order valence-electron chi connectivity index (χ4n) is 1.48. The third-order valence-electron chi connectivity index (χ3n) is 2.36. The fourth-order valence-corrected chi connectivity index (χ4v) is 2.00. The van der Waals surface area contributed by atoms with Gasteiger partial charge in [-0.3, -0.25) is 4.79 Å². The average molecular weight is 236 g/mol. The smallest absolute Gasteiger partial charge is 0.251 e. The normalized spacial score (nSPS) is 10.4. The number of anilines is 1. The summed E-state index contributed by atoms with van der Waals surface area (Å²) >= 11 is 1.29. The van der Waals surface area contributed by atoms with Crippen LogP contribution in [0.3, 0.4) is 0 Å². The molecule has 0 aliphatic rings. The van der Waals surface area contributed by atoms with E-state index < -0.39 is 0 Å². The van der Waals surface area contributed by atoms with E-state index in [4.69, 9.17) is 0 Å². The predicted octanol–water partition coefficient (Wildman–Crippen LogP) is 1.10. The van der Waals surface area contributed by atoms with Gasteiger partial charge in [-0.2, -0.15) is 0 Å². The zero-order chi connectivity index (χ0) is 11.5. The van der Waals surface area contributed by atoms with Crippen molar-refractivity contribution < 1.29 is 0 Å². The van der Waals surface area contributed by atoms with Crippen molar-refractivity contribution in [3.05, 3.63) is 39.9 Å². The van der Waals surface area contributed by atoms with Gasteiger partial charge < -0.3 is 9.88 Å². The van der Waals surface area contributed by atoms with Crippen molar-refractivity contribution in [2.45, 2.75) is 13.5 Å². The quantitative estimate of drug-likeness (QED) is 0.867. The first-order chi connectivity index (χ1) is 7.72. The van der Waals surface area contributed by atoms with Crippen LogP contribution in [0.25, 0.3) is 0 Å². The number of nitrogens with zero attached hydrogens (tertiary/aromatic N) is 3. The number of pyridine rings is 1. The van der Waals surface area contributed by atoms with Crippen molar-refractivity contribution >= 4 is 16.5 Å². The molecule has 2 aromatic rings. The Hall–Kier alpha value is -1.69. The van der Waals surface area contributed by atoms with Gasteiger partial charge in [-0.15, -0.1) is 5.10 Å². The highest BCUT2D eigenvalue weighted by atomic mass is 32.1. The molecular weight excluding hydrogens is 224 g/mol. The van der Waals surface area contributed by atoms with Gasteiger partial charge in [0.1, 0.15) is 10.7 Å². The molecule has 2 aromatic heterocycles. The predicted molar refractivity (Wildman–Crippen MR) is 64.0 cm³/mol. The summed E-state index contributed by atoms with van der Waals surface area (Å²) in [4.78, 5) is 11.7. The molecule has 0 saturated carbocycles. The van der Waals surface area contributed by atoms with Gasteiger partial charge in [0.25, 0.3) is 5.56 Å². The van der Waals surface area contributed by atoms with E-state index in [-0.39, 0.29) is 5.56 Å². The largest absolute Gasteiger partial charge is 0.377 e. The Morgan fingerprint density at radius 3 is 3.00 bits per heavy atom. The van der Waals surface area contributed by atoms with Crippen LogP contribution in [0, 0.1) is 6.92 Å². The van der Waals surface area contributed by atoms with Gasteiger partial charge in [0.15, 0.2) is 0 Å². The zero-order valence-electron chi connectivity index (χ0n) is 9.10. The maximum Gasteiger partial charge on any atom is 0.251 e. The molecule has 0 aromatic carbocycles. The molecule has 0 radical (unpaired) electrons. The van der Waals surface area contributed by atoms with Crippen molar-refractivity contribution in [2.24, 2.45) is 0 Å². The van der Waals surface area contributed by atoms with Crippen molar-refractivity contribution in [3.63, 3.8) is 0 Å². The Kier molecular flexibility index (Phi) is 3.00. The highest BCUT2D eigenvalue weighted by Gasteiger charge is 2.08. The number of nitrogens with one attached hydrogen (secondary N) is 1. The highest BCUT2D eigenvalue weighted by Crippen LogP contribution is 2.17. The Bertz CT molecular complexity index is 546. The second-order valence-electron chi connectivity index (χ2n) is 3.39. The first-order valence-electron chi connectivity index (χ1n) is 4.88. The highest BCUT2D eigenvalue weighted by molar-refractivity contribution is 7.10. The molecule has 5 nitrogen and oxygen atoms in total. The fraction of sp³-hybridized carbons (Fsp3) is 0.300. The van der Waals surface area contributed by atoms with Gasteiger partial charge in [0.2, 0.25) is 0 Å². The molecule has 0 bridgehead atoms. The molecule has 0 aliphatic carbocycles. The Labute approximate surface area is 96.9 Å². The van der Waals surface area contributed by atoms with Crippen LogP contribution in [0.4, 0.5) is 5.00 Å². The van der Waals surface area contributed by atoms with E-state index in [9.17, 15) is 4.79 Å². The molecule has 16 heavy (non-hydrogen) atoms. The lowest BCUT2D eigenvalue weighted by molar-refractivity contribution is 0.711. The van der Waals surface area contributed by atoms with E-state index in [1.807, 2.05) is 20.0 Å². The SMILES string of the molecule is CNc1snnc1Cn1c(C)cccc1=O. The van der Waals surface area contributed by atoms with Crippen LogP contribution in [0.15, 0.2) is 23.0 Å². The van der Waals surface area contributed by atoms with Crippen molar-refractivity contribution in [1.29, 1.82) is 0 Å². The number of aromatic nitrogens is 3. The molecule has 2 rings (SSSR count). The van der Waals surface area contributed by atoms with Gasteiger partial charge >= 0.3 is 0 Å². The van der Waals surface area contributed by atoms with Gasteiger partial charge in [-0.05, 0) is 13.0 Å². The summed E-state index contributed by atoms with van der Waals surface area (Å²) in [5, 5.41) is 7.92. The first kappa shape index (κ1) is 10.8. The van der Waals surface area contributed by atoms with Crippen LogP contribution in [-0.4, -0.2) is 21.2 Å². The van der Waals surface area contributed by atoms with Gasteiger partial charge in [-0.25, -0.2) is 0 Å². The lowest BCUT2D eigenvalue weighted by Crippen LogP contribution is -2.22. The van der Waals surface area contributed by atoms with E-state index in [2.05, 4.69) is 14.9 Å². The summed E-state index contributed by atoms with van der Waals surface area (Å²) in [5.41, 5.74) is 1.70. The zero-order valence-corrected chi connectivity index (χ0v) is 9.91. The van der Waals surface area contributed by atoms with E-state index in [0.29, 0.717) is 6.54 Å². The van der Waals surface area contributed by atoms with Crippen LogP contribution in [0.1, 0.15) is 11.4 Å². The number of rotatable bonds is 3. The molecule has 2 heterocycles. The number of aryl methyl sites for hydroxylation is 1. The minimum atomic E-state index is -0.0185. The van der Waals surface area contributed by atoms with Crippen LogP contribution in [0.5, 0.6) is 0 Å². The minimum absolute atomic E-state index is 0.0185. The lowest BCUT2D eigenvalue weighted by Gasteiger charge is -2.07. The molecule has 0 saturated heterocycles. The van der Waals surface area contributed by atoms with Gasteiger partial charge in [-0.1, -0.05) is 10.6 Å². The minimum Gasteiger partial charge on any atom is -0.377 e. The standard InChI is InChI=1S/C10H12N4OS/c1-7-4-3-5-9(15)14(7)6-8-10(11-2)16-13-12-8/h3-5,11H,6H2,1-2H3. The van der Waals surface area contributed by atoms with Gasteiger partial charge in [0.05, 0.1) is 6.54 Å². The third-order valence-corrected chi connectivity index (χ3v) is 3.14. The number of hydrogen-bond donors (Lipinski definition) is 1. The summed E-state index contributed by atoms with van der Waals surface area (Å²) in [6.45, 7) is 2.36. The topological polar surface area (TPSA) is 59.8 Å². The van der Waals surface area contributed by atoms with E-state index >= 15 is 0 Å². The summed E-state index contributed by atoms with van der Waals surface area (Å²) in [6.07, 6.45) is 0. The summed E-state index contributed by atoms with van der Waals surface area (Å²) in [6, 6.07) is 5.21. The summed E-state index contributed by atoms with van der Waals surface area (Å²) in [5.74, 6) is 0. The molecule has 0 unspecified atom stereocenters. The molecule has 6 heteroatoms. The van der Waals surface area contributed by atoms with Crippen LogP contribution in [-0.2, 0) is 6.54 Å². The van der Waals surface area contributed by atoms with Crippen LogP contribution >= 0.6 is 11.5 Å². The maximum absolute atomic E-state index is 11.7. The molecule has 84 valence electrons. The molecule has 0 amide bonds. The van der Waals surface area contributed by atoms with E-state index in [1.54, 1.807) is 16.7 Å². The van der Waals surface area contributed by atoms with Gasteiger partial charge in [0, 0.05) is 30.3 Å². The average Bonchev–Trinajstić information content (AvgIpc) is 2.71. The Balaban J connectivity index is 2.38. The van der Waals surface area contributed by atoms with Crippen LogP contribution < -0.4 is 10.9 Å². The van der Waals surface area contributed by atoms with Crippen LogP contribution in [0.2, 0.25) is 0 Å². The lowest BCUT2D eigenvalue weighted by atomic mass is 10.3. The van der Waals surface area contributed by atoms with E-state index in [0.717, 1.165) is 16.4 Å². The first-order valence-corrected chi connectivity index (χ1v) is 5.65. The maximum atomic E-state index is 11.7. The summed E-state index contributed by atoms with van der Waals surface area (Å²) < 4.78 is 5.54. The third kappa shape index (κ3) is 1.96. The Morgan fingerprint density at radius 1 is 1.50 bits per heavy atom. The second kappa shape index (κ2) is 4.44. The molecule has 1 N–H and O–H groups in total. The molecular formula is C10H12N4OS. The number of hydrogen-bond acceptors (Lipinski definition) is 5. The molecule has 0 fully saturated rings. The Morgan fingerprint density at radius 2 is 2.31 bits per heavy atom. The second-order valence-corrected chi connectivity index (χ2v) is 4.14. The molecule has 0 atom stereocenters. The van der Waals surface area contributed by atoms with E-state index in [1.165, 1.54) is 11.5 Å². The van der Waals surface area contributed by atoms with Crippen molar-refractivity contribution in [3.8, 4) is 0 Å². The van der Waals surface area contributed by atoms with Crippen molar-refractivity contribution in [2.75, 3.05) is 12.4 Å². The summed E-state index contributed by atoms with van der Waals surface area (Å²) in [7, 11) is 1.82. The molecule has 0 spiro atoms.